The van der Waals surface area contributed by atoms with Crippen LogP contribution in [0.3, 0.4) is 0 Å². The number of aryl methyl sites for hydroxylation is 1. The van der Waals surface area contributed by atoms with E-state index in [1.165, 1.54) is 5.56 Å². The molecule has 0 saturated carbocycles. The predicted octanol–water partition coefficient (Wildman–Crippen LogP) is 3.10. The Balaban J connectivity index is 1.79. The molecule has 0 bridgehead atoms. The number of hydrogen-bond acceptors (Lipinski definition) is 3. The van der Waals surface area contributed by atoms with E-state index in [-0.39, 0.29) is 0 Å². The molecule has 0 amide bonds. The lowest BCUT2D eigenvalue weighted by Gasteiger charge is -2.28. The van der Waals surface area contributed by atoms with Gasteiger partial charge in [-0.15, -0.1) is 0 Å². The van der Waals surface area contributed by atoms with E-state index in [1.54, 1.807) is 0 Å². The van der Waals surface area contributed by atoms with Gasteiger partial charge in [-0.3, -0.25) is 0 Å². The monoisotopic (exact) mass is 269 g/mol. The highest BCUT2D eigenvalue weighted by molar-refractivity contribution is 5.40. The molecule has 1 aliphatic heterocycles. The lowest BCUT2D eigenvalue weighted by atomic mass is 9.97. The Morgan fingerprint density at radius 3 is 2.40 bits per heavy atom. The van der Waals surface area contributed by atoms with Gasteiger partial charge in [0.2, 0.25) is 0 Å². The third-order valence-electron chi connectivity index (χ3n) is 3.66. The first-order valence-electron chi connectivity index (χ1n) is 6.96. The van der Waals surface area contributed by atoms with Crippen molar-refractivity contribution in [1.29, 1.82) is 0 Å². The van der Waals surface area contributed by atoms with Gasteiger partial charge in [0.25, 0.3) is 0 Å². The van der Waals surface area contributed by atoms with Crippen molar-refractivity contribution in [1.82, 2.24) is 0 Å². The Hall–Kier alpha value is -1.84. The van der Waals surface area contributed by atoms with Crippen LogP contribution in [0.4, 0.5) is 5.69 Å². The smallest absolute Gasteiger partial charge is 0.195 e. The number of nitrogens with two attached hydrogens (primary N) is 1. The third kappa shape index (κ3) is 2.69. The van der Waals surface area contributed by atoms with Crippen LogP contribution in [0.2, 0.25) is 0 Å². The first kappa shape index (κ1) is 13.2. The van der Waals surface area contributed by atoms with Crippen LogP contribution in [-0.2, 0) is 21.7 Å². The second-order valence-electron chi connectivity index (χ2n) is 5.06. The summed E-state index contributed by atoms with van der Waals surface area (Å²) in [6.45, 7) is 1.29. The number of ether oxygens (including phenoxy) is 2. The van der Waals surface area contributed by atoms with E-state index >= 15 is 0 Å². The Labute approximate surface area is 119 Å². The summed E-state index contributed by atoms with van der Waals surface area (Å²) in [5.74, 6) is -0.605. The van der Waals surface area contributed by atoms with Crippen molar-refractivity contribution in [2.24, 2.45) is 0 Å². The zero-order valence-corrected chi connectivity index (χ0v) is 11.4. The van der Waals surface area contributed by atoms with E-state index in [0.29, 0.717) is 13.2 Å². The van der Waals surface area contributed by atoms with Crippen LogP contribution >= 0.6 is 0 Å². The summed E-state index contributed by atoms with van der Waals surface area (Å²) in [5, 5.41) is 0. The Morgan fingerprint density at radius 2 is 1.70 bits per heavy atom. The normalized spacial score (nSPS) is 17.2. The number of nitrogen functional groups attached to an aromatic ring is 1. The fourth-order valence-corrected chi connectivity index (χ4v) is 2.66. The first-order chi connectivity index (χ1) is 9.78. The number of anilines is 1. The van der Waals surface area contributed by atoms with Gasteiger partial charge in [0.1, 0.15) is 0 Å². The van der Waals surface area contributed by atoms with Crippen molar-refractivity contribution in [3.63, 3.8) is 0 Å². The summed E-state index contributed by atoms with van der Waals surface area (Å²) in [4.78, 5) is 0. The first-order valence-corrected chi connectivity index (χ1v) is 6.96. The summed E-state index contributed by atoms with van der Waals surface area (Å²) in [5.41, 5.74) is 8.91. The Kier molecular flexibility index (Phi) is 3.72. The SMILES string of the molecule is Nc1cccc(CCC2(c3ccccc3)OCCO2)c1. The molecular formula is C17H19NO2. The number of benzene rings is 2. The fraction of sp³-hybridized carbons (Fsp3) is 0.294. The van der Waals surface area contributed by atoms with Crippen LogP contribution in [-0.4, -0.2) is 13.2 Å². The minimum atomic E-state index is -0.605. The minimum absolute atomic E-state index is 0.605. The molecule has 1 saturated heterocycles. The molecular weight excluding hydrogens is 250 g/mol. The van der Waals surface area contributed by atoms with Gasteiger partial charge in [-0.05, 0) is 24.1 Å². The van der Waals surface area contributed by atoms with Crippen LogP contribution < -0.4 is 5.73 Å². The standard InChI is InChI=1S/C17H19NO2/c18-16-8-4-5-14(13-16)9-10-17(19-11-12-20-17)15-6-2-1-3-7-15/h1-8,13H,9-12,18H2. The second kappa shape index (κ2) is 5.65. The average molecular weight is 269 g/mol. The van der Waals surface area contributed by atoms with Gasteiger partial charge in [0.05, 0.1) is 13.2 Å². The van der Waals surface area contributed by atoms with Gasteiger partial charge in [-0.2, -0.15) is 0 Å². The van der Waals surface area contributed by atoms with Gasteiger partial charge in [-0.1, -0.05) is 42.5 Å². The van der Waals surface area contributed by atoms with E-state index in [2.05, 4.69) is 18.2 Å². The largest absolute Gasteiger partial charge is 0.399 e. The quantitative estimate of drug-likeness (QED) is 0.867. The molecule has 3 rings (SSSR count). The van der Waals surface area contributed by atoms with Crippen LogP contribution in [0.15, 0.2) is 54.6 Å². The lowest BCUT2D eigenvalue weighted by Crippen LogP contribution is -2.27. The molecule has 3 nitrogen and oxygen atoms in total. The summed E-state index contributed by atoms with van der Waals surface area (Å²) in [6, 6.07) is 18.1. The maximum absolute atomic E-state index is 5.93. The lowest BCUT2D eigenvalue weighted by molar-refractivity contribution is -0.170. The molecule has 0 aromatic heterocycles. The zero-order chi connectivity index (χ0) is 13.8. The molecule has 2 aromatic carbocycles. The highest BCUT2D eigenvalue weighted by Crippen LogP contribution is 2.35. The van der Waals surface area contributed by atoms with Crippen molar-refractivity contribution < 1.29 is 9.47 Å². The number of rotatable bonds is 4. The molecule has 104 valence electrons. The molecule has 0 spiro atoms. The van der Waals surface area contributed by atoms with Crippen LogP contribution in [0.1, 0.15) is 17.5 Å². The van der Waals surface area contributed by atoms with Gasteiger partial charge < -0.3 is 15.2 Å². The van der Waals surface area contributed by atoms with Crippen molar-refractivity contribution >= 4 is 5.69 Å². The minimum Gasteiger partial charge on any atom is -0.399 e. The molecule has 20 heavy (non-hydrogen) atoms. The second-order valence-corrected chi connectivity index (χ2v) is 5.06. The van der Waals surface area contributed by atoms with Gasteiger partial charge in [-0.25, -0.2) is 0 Å². The molecule has 1 heterocycles. The van der Waals surface area contributed by atoms with E-state index in [1.807, 2.05) is 36.4 Å². The summed E-state index contributed by atoms with van der Waals surface area (Å²) >= 11 is 0. The number of hydrogen-bond donors (Lipinski definition) is 1. The molecule has 0 atom stereocenters. The molecule has 0 unspecified atom stereocenters. The van der Waals surface area contributed by atoms with E-state index < -0.39 is 5.79 Å². The Morgan fingerprint density at radius 1 is 0.950 bits per heavy atom. The summed E-state index contributed by atoms with van der Waals surface area (Å²) in [7, 11) is 0. The van der Waals surface area contributed by atoms with Crippen LogP contribution in [0, 0.1) is 0 Å². The maximum atomic E-state index is 5.93. The van der Waals surface area contributed by atoms with E-state index in [0.717, 1.165) is 24.1 Å². The third-order valence-corrected chi connectivity index (χ3v) is 3.66. The van der Waals surface area contributed by atoms with Crippen LogP contribution in [0.25, 0.3) is 0 Å². The van der Waals surface area contributed by atoms with E-state index in [9.17, 15) is 0 Å². The zero-order valence-electron chi connectivity index (χ0n) is 11.4. The molecule has 2 N–H and O–H groups in total. The van der Waals surface area contributed by atoms with Crippen molar-refractivity contribution in [3.8, 4) is 0 Å². The fourth-order valence-electron chi connectivity index (χ4n) is 2.66. The highest BCUT2D eigenvalue weighted by atomic mass is 16.7. The molecule has 2 aromatic rings. The summed E-state index contributed by atoms with van der Waals surface area (Å²) < 4.78 is 11.9. The molecule has 3 heteroatoms. The molecule has 0 radical (unpaired) electrons. The van der Waals surface area contributed by atoms with Gasteiger partial charge in [0, 0.05) is 17.7 Å². The molecule has 1 aliphatic rings. The average Bonchev–Trinajstić information content (AvgIpc) is 2.96. The highest BCUT2D eigenvalue weighted by Gasteiger charge is 2.37. The van der Waals surface area contributed by atoms with E-state index in [4.69, 9.17) is 15.2 Å². The van der Waals surface area contributed by atoms with Gasteiger partial charge >= 0.3 is 0 Å². The van der Waals surface area contributed by atoms with Gasteiger partial charge in [0.15, 0.2) is 5.79 Å². The maximum Gasteiger partial charge on any atom is 0.195 e. The molecule has 0 aliphatic carbocycles. The predicted molar refractivity (Wildman–Crippen MR) is 79.2 cm³/mol. The molecule has 1 fully saturated rings. The van der Waals surface area contributed by atoms with Crippen LogP contribution in [0.5, 0.6) is 0 Å². The summed E-state index contributed by atoms with van der Waals surface area (Å²) in [6.07, 6.45) is 1.67. The Bertz CT molecular complexity index is 562. The van der Waals surface area contributed by atoms with Crippen molar-refractivity contribution in [2.75, 3.05) is 18.9 Å². The van der Waals surface area contributed by atoms with Crippen molar-refractivity contribution in [3.05, 3.63) is 65.7 Å². The van der Waals surface area contributed by atoms with Crippen molar-refractivity contribution in [2.45, 2.75) is 18.6 Å². The topological polar surface area (TPSA) is 44.5 Å².